The van der Waals surface area contributed by atoms with Crippen LogP contribution in [0.1, 0.15) is 20.8 Å². The number of alkyl halides is 4. The van der Waals surface area contributed by atoms with Crippen LogP contribution in [0.15, 0.2) is 33.2 Å². The Morgan fingerprint density at radius 3 is 1.35 bits per heavy atom. The fourth-order valence-electron chi connectivity index (χ4n) is 2.57. The summed E-state index contributed by atoms with van der Waals surface area (Å²) >= 11 is 22.9. The minimum absolute atomic E-state index is 0.242. The molecule has 0 nitrogen and oxygen atoms in total. The smallest absolute Gasteiger partial charge is 0.0546 e. The summed E-state index contributed by atoms with van der Waals surface area (Å²) in [5, 5.41) is 2.46. The largest absolute Gasteiger partial charge is 0.0862 e. The van der Waals surface area contributed by atoms with Gasteiger partial charge in [0.2, 0.25) is 0 Å². The van der Waals surface area contributed by atoms with Gasteiger partial charge >= 0.3 is 0 Å². The summed E-state index contributed by atoms with van der Waals surface area (Å²) in [4.78, 5) is 1.10. The Bertz CT molecular complexity index is 624. The first-order valence-electron chi connectivity index (χ1n) is 5.91. The Hall–Kier alpha value is 1.58. The summed E-state index contributed by atoms with van der Waals surface area (Å²) < 4.78 is 2.34. The fraction of sp³-hybridized carbons (Fsp3) is 0.286. The Morgan fingerprint density at radius 1 is 0.650 bits per heavy atom. The highest BCUT2D eigenvalue weighted by molar-refractivity contribution is 9.14. The van der Waals surface area contributed by atoms with Gasteiger partial charge in [-0.3, -0.25) is 0 Å². The van der Waals surface area contributed by atoms with Crippen LogP contribution in [-0.2, 0) is 0 Å². The predicted molar refractivity (Wildman–Crippen MR) is 108 cm³/mol. The van der Waals surface area contributed by atoms with E-state index in [-0.39, 0.29) is 9.65 Å². The zero-order valence-electron chi connectivity index (χ0n) is 9.89. The van der Waals surface area contributed by atoms with Gasteiger partial charge in [-0.05, 0) is 53.8 Å². The van der Waals surface area contributed by atoms with Crippen molar-refractivity contribution >= 4 is 106 Å². The highest BCUT2D eigenvalue weighted by atomic mass is 79.9. The summed E-state index contributed by atoms with van der Waals surface area (Å²) in [5.74, 6) is 0. The van der Waals surface area contributed by atoms with Gasteiger partial charge in [0, 0.05) is 18.6 Å². The fourth-order valence-corrected chi connectivity index (χ4v) is 8.37. The predicted octanol–water partition coefficient (Wildman–Crippen LogP) is 7.78. The van der Waals surface area contributed by atoms with Gasteiger partial charge in [-0.2, -0.15) is 0 Å². The van der Waals surface area contributed by atoms with Crippen LogP contribution in [0.25, 0.3) is 10.8 Å². The molecule has 106 valence electrons. The van der Waals surface area contributed by atoms with Gasteiger partial charge in [0.1, 0.15) is 0 Å². The Balaban J connectivity index is 2.43. The van der Waals surface area contributed by atoms with Crippen molar-refractivity contribution in [3.63, 3.8) is 0 Å². The molecule has 2 aromatic rings. The normalized spacial score (nSPS) is 29.5. The second-order valence-corrected chi connectivity index (χ2v) is 10.4. The number of hydrogen-bond donors (Lipinski definition) is 0. The van der Waals surface area contributed by atoms with E-state index < -0.39 is 0 Å². The lowest BCUT2D eigenvalue weighted by Crippen LogP contribution is -2.30. The van der Waals surface area contributed by atoms with Crippen LogP contribution in [0.4, 0.5) is 0 Å². The molecule has 0 aromatic heterocycles. The van der Waals surface area contributed by atoms with E-state index >= 15 is 0 Å². The van der Waals surface area contributed by atoms with E-state index in [0.717, 1.165) is 0 Å². The second-order valence-electron chi connectivity index (χ2n) is 4.69. The molecule has 0 fully saturated rings. The number of fused-ring (bicyclic) bond motifs is 2. The third kappa shape index (κ3) is 2.44. The molecule has 0 radical (unpaired) electrons. The average Bonchev–Trinajstić information content (AvgIpc) is 2.46. The van der Waals surface area contributed by atoms with Crippen LogP contribution in [0, 0.1) is 0 Å². The third-order valence-corrected chi connectivity index (χ3v) is 11.7. The maximum Gasteiger partial charge on any atom is 0.0546 e. The molecule has 20 heavy (non-hydrogen) atoms. The van der Waals surface area contributed by atoms with Crippen LogP contribution < -0.4 is 0 Å². The second kappa shape index (κ2) is 6.23. The molecule has 0 spiro atoms. The molecule has 6 heteroatoms. The van der Waals surface area contributed by atoms with Gasteiger partial charge in [0.15, 0.2) is 0 Å². The van der Waals surface area contributed by atoms with Gasteiger partial charge in [0.25, 0.3) is 0 Å². The summed E-state index contributed by atoms with van der Waals surface area (Å²) in [7, 11) is 0. The Morgan fingerprint density at radius 2 is 1.00 bits per heavy atom. The molecule has 0 bridgehead atoms. The van der Waals surface area contributed by atoms with E-state index in [1.54, 1.807) is 0 Å². The Kier molecular flexibility index (Phi) is 5.12. The van der Waals surface area contributed by atoms with Crippen molar-refractivity contribution in [3.8, 4) is 0 Å². The molecule has 0 aliphatic heterocycles. The van der Waals surface area contributed by atoms with E-state index in [9.17, 15) is 0 Å². The number of benzene rings is 2. The number of hydrogen-bond acceptors (Lipinski definition) is 0. The molecule has 0 saturated carbocycles. The van der Waals surface area contributed by atoms with E-state index in [1.807, 2.05) is 0 Å². The SMILES string of the molecule is Brc1c2c(c(Br)c3ccccc13)C(Br)C(Br)C(Br)C2Br. The Labute approximate surface area is 168 Å². The topological polar surface area (TPSA) is 0 Å². The van der Waals surface area contributed by atoms with Crippen molar-refractivity contribution in [1.82, 2.24) is 0 Å². The molecule has 0 saturated heterocycles. The summed E-state index contributed by atoms with van der Waals surface area (Å²) in [6.07, 6.45) is 0. The van der Waals surface area contributed by atoms with Crippen LogP contribution in [0.5, 0.6) is 0 Å². The molecular formula is C14H8Br6. The zero-order valence-corrected chi connectivity index (χ0v) is 19.4. The molecule has 1 aliphatic rings. The lowest BCUT2D eigenvalue weighted by atomic mass is 9.89. The zero-order chi connectivity index (χ0) is 14.6. The van der Waals surface area contributed by atoms with Crippen LogP contribution >= 0.6 is 95.6 Å². The average molecular weight is 656 g/mol. The molecule has 0 N–H and O–H groups in total. The van der Waals surface area contributed by atoms with Crippen molar-refractivity contribution in [1.29, 1.82) is 0 Å². The van der Waals surface area contributed by atoms with Crippen molar-refractivity contribution in [2.24, 2.45) is 0 Å². The molecule has 2 aromatic carbocycles. The van der Waals surface area contributed by atoms with Crippen molar-refractivity contribution in [2.45, 2.75) is 19.3 Å². The first-order chi connectivity index (χ1) is 9.45. The van der Waals surface area contributed by atoms with Gasteiger partial charge in [-0.25, -0.2) is 0 Å². The van der Waals surface area contributed by atoms with E-state index in [2.05, 4.69) is 120 Å². The monoisotopic (exact) mass is 650 g/mol. The quantitative estimate of drug-likeness (QED) is 0.255. The summed E-state index contributed by atoms with van der Waals surface area (Å²) in [5.41, 5.74) is 2.60. The first kappa shape index (κ1) is 16.4. The van der Waals surface area contributed by atoms with Crippen molar-refractivity contribution < 1.29 is 0 Å². The van der Waals surface area contributed by atoms with Gasteiger partial charge in [0.05, 0.1) is 9.65 Å². The van der Waals surface area contributed by atoms with Crippen LogP contribution in [0.3, 0.4) is 0 Å². The van der Waals surface area contributed by atoms with E-state index in [0.29, 0.717) is 9.65 Å². The lowest BCUT2D eigenvalue weighted by Gasteiger charge is -2.36. The molecule has 0 amide bonds. The highest BCUT2D eigenvalue weighted by Gasteiger charge is 2.41. The molecule has 0 heterocycles. The minimum atomic E-state index is 0.242. The summed E-state index contributed by atoms with van der Waals surface area (Å²) in [6, 6.07) is 8.44. The first-order valence-corrected chi connectivity index (χ1v) is 11.2. The van der Waals surface area contributed by atoms with Gasteiger partial charge in [-0.15, -0.1) is 0 Å². The minimum Gasteiger partial charge on any atom is -0.0862 e. The van der Waals surface area contributed by atoms with E-state index in [4.69, 9.17) is 0 Å². The standard InChI is InChI=1S/C14H8Br6/c15-9-5-3-1-2-4-6(5)10(16)8-7(9)11(17)13(19)14(20)12(8)18/h1-4,11-14H. The molecule has 1 aliphatic carbocycles. The molecule has 4 unspecified atom stereocenters. The van der Waals surface area contributed by atoms with Crippen LogP contribution in [-0.4, -0.2) is 9.65 Å². The molecular weight excluding hydrogens is 648 g/mol. The van der Waals surface area contributed by atoms with E-state index in [1.165, 1.54) is 30.8 Å². The van der Waals surface area contributed by atoms with Crippen molar-refractivity contribution in [3.05, 3.63) is 44.3 Å². The molecule has 3 rings (SSSR count). The summed E-state index contributed by atoms with van der Waals surface area (Å²) in [6.45, 7) is 0. The number of rotatable bonds is 0. The third-order valence-electron chi connectivity index (χ3n) is 3.58. The van der Waals surface area contributed by atoms with Gasteiger partial charge < -0.3 is 0 Å². The van der Waals surface area contributed by atoms with Gasteiger partial charge in [-0.1, -0.05) is 88.0 Å². The van der Waals surface area contributed by atoms with Crippen LogP contribution in [0.2, 0.25) is 0 Å². The maximum absolute atomic E-state index is 3.84. The molecule has 4 atom stereocenters. The number of halogens is 6. The lowest BCUT2D eigenvalue weighted by molar-refractivity contribution is 0.725. The maximum atomic E-state index is 3.84. The van der Waals surface area contributed by atoms with Crippen molar-refractivity contribution in [2.75, 3.05) is 0 Å². The highest BCUT2D eigenvalue weighted by Crippen LogP contribution is 2.56.